The van der Waals surface area contributed by atoms with Crippen molar-refractivity contribution in [3.8, 4) is 0 Å². The van der Waals surface area contributed by atoms with E-state index in [1.807, 2.05) is 0 Å². The first-order valence-corrected chi connectivity index (χ1v) is 5.63. The number of rotatable bonds is 3. The Morgan fingerprint density at radius 3 is 2.71 bits per heavy atom. The zero-order valence-corrected chi connectivity index (χ0v) is 9.75. The maximum atomic E-state index is 4.90. The quantitative estimate of drug-likeness (QED) is 0.839. The lowest BCUT2D eigenvalue weighted by Crippen LogP contribution is -2.39. The minimum atomic E-state index is 0.525. The van der Waals surface area contributed by atoms with Crippen LogP contribution in [0.4, 0.5) is 0 Å². The van der Waals surface area contributed by atoms with E-state index in [1.54, 1.807) is 7.11 Å². The number of hydroxylamine groups is 1. The number of nitrogens with one attached hydrogen (secondary N) is 1. The summed E-state index contributed by atoms with van der Waals surface area (Å²) in [5.74, 6) is 0.679. The molecule has 1 aromatic carbocycles. The van der Waals surface area contributed by atoms with Crippen LogP contribution in [0.2, 0.25) is 0 Å². The van der Waals surface area contributed by atoms with Crippen molar-refractivity contribution in [2.24, 2.45) is 0 Å². The molecule has 2 nitrogen and oxygen atoms in total. The number of halogens is 1. The van der Waals surface area contributed by atoms with Crippen LogP contribution in [0.25, 0.3) is 0 Å². The summed E-state index contributed by atoms with van der Waals surface area (Å²) in [6.45, 7) is 0. The smallest absolute Gasteiger partial charge is 0.0572 e. The number of hydrogen-bond donors (Lipinski definition) is 1. The van der Waals surface area contributed by atoms with Gasteiger partial charge >= 0.3 is 0 Å². The lowest BCUT2D eigenvalue weighted by molar-refractivity contribution is 0.0284. The molecule has 0 heterocycles. The summed E-state index contributed by atoms with van der Waals surface area (Å²) < 4.78 is 1.22. The summed E-state index contributed by atoms with van der Waals surface area (Å²) in [7, 11) is 1.67. The van der Waals surface area contributed by atoms with Gasteiger partial charge in [0.25, 0.3) is 0 Å². The van der Waals surface area contributed by atoms with E-state index < -0.39 is 0 Å². The Hall–Kier alpha value is -0.380. The van der Waals surface area contributed by atoms with Gasteiger partial charge in [-0.05, 0) is 30.4 Å². The van der Waals surface area contributed by atoms with Crippen LogP contribution in [0.1, 0.15) is 24.3 Å². The maximum absolute atomic E-state index is 4.90. The second-order valence-corrected chi connectivity index (χ2v) is 4.56. The largest absolute Gasteiger partial charge is 0.305 e. The Labute approximate surface area is 92.7 Å². The molecule has 0 aromatic heterocycles. The van der Waals surface area contributed by atoms with Gasteiger partial charge in [-0.25, -0.2) is 0 Å². The Balaban J connectivity index is 1.96. The Morgan fingerprint density at radius 1 is 1.36 bits per heavy atom. The third-order valence-corrected chi connectivity index (χ3v) is 3.49. The van der Waals surface area contributed by atoms with Crippen molar-refractivity contribution in [1.82, 2.24) is 5.48 Å². The van der Waals surface area contributed by atoms with Gasteiger partial charge in [0.05, 0.1) is 7.11 Å². The molecule has 0 amide bonds. The van der Waals surface area contributed by atoms with Crippen molar-refractivity contribution in [3.05, 3.63) is 34.3 Å². The Kier molecular flexibility index (Phi) is 3.21. The number of benzene rings is 1. The summed E-state index contributed by atoms with van der Waals surface area (Å²) in [5.41, 5.74) is 4.40. The van der Waals surface area contributed by atoms with Crippen LogP contribution < -0.4 is 5.48 Å². The molecule has 76 valence electrons. The molecular formula is C11H14BrNO. The van der Waals surface area contributed by atoms with E-state index in [9.17, 15) is 0 Å². The molecule has 1 saturated carbocycles. The molecule has 3 heteroatoms. The van der Waals surface area contributed by atoms with Crippen LogP contribution in [-0.2, 0) is 4.84 Å². The van der Waals surface area contributed by atoms with E-state index in [-0.39, 0.29) is 0 Å². The van der Waals surface area contributed by atoms with Gasteiger partial charge in [0.2, 0.25) is 0 Å². The summed E-state index contributed by atoms with van der Waals surface area (Å²) in [6, 6.07) is 8.97. The van der Waals surface area contributed by atoms with E-state index >= 15 is 0 Å². The van der Waals surface area contributed by atoms with E-state index in [0.717, 1.165) is 12.8 Å². The third kappa shape index (κ3) is 2.00. The topological polar surface area (TPSA) is 21.3 Å². The van der Waals surface area contributed by atoms with Crippen molar-refractivity contribution in [2.45, 2.75) is 24.8 Å². The summed E-state index contributed by atoms with van der Waals surface area (Å²) in [5, 5.41) is 0. The Morgan fingerprint density at radius 2 is 2.07 bits per heavy atom. The first-order valence-electron chi connectivity index (χ1n) is 4.84. The van der Waals surface area contributed by atoms with Crippen molar-refractivity contribution < 1.29 is 4.84 Å². The maximum Gasteiger partial charge on any atom is 0.0572 e. The molecule has 0 atom stereocenters. The predicted octanol–water partition coefficient (Wildman–Crippen LogP) is 2.85. The molecule has 14 heavy (non-hydrogen) atoms. The van der Waals surface area contributed by atoms with Crippen molar-refractivity contribution >= 4 is 15.9 Å². The highest BCUT2D eigenvalue weighted by molar-refractivity contribution is 9.10. The van der Waals surface area contributed by atoms with Crippen LogP contribution in [-0.4, -0.2) is 13.2 Å². The predicted molar refractivity (Wildman–Crippen MR) is 60.0 cm³/mol. The molecule has 2 rings (SSSR count). The molecule has 0 spiro atoms. The first kappa shape index (κ1) is 10.1. The average Bonchev–Trinajstić information content (AvgIpc) is 2.12. The second kappa shape index (κ2) is 4.43. The SMILES string of the molecule is CONC1CC(c2ccccc2Br)C1. The average molecular weight is 256 g/mol. The van der Waals surface area contributed by atoms with Gasteiger partial charge in [0.15, 0.2) is 0 Å². The fourth-order valence-electron chi connectivity index (χ4n) is 1.94. The van der Waals surface area contributed by atoms with E-state index in [2.05, 4.69) is 45.7 Å². The van der Waals surface area contributed by atoms with Crippen LogP contribution >= 0.6 is 15.9 Å². The van der Waals surface area contributed by atoms with Gasteiger partial charge in [-0.2, -0.15) is 5.48 Å². The molecule has 1 aliphatic rings. The molecule has 0 radical (unpaired) electrons. The van der Waals surface area contributed by atoms with Crippen LogP contribution in [0, 0.1) is 0 Å². The minimum absolute atomic E-state index is 0.525. The molecule has 0 saturated heterocycles. The highest BCUT2D eigenvalue weighted by atomic mass is 79.9. The molecule has 1 aliphatic carbocycles. The van der Waals surface area contributed by atoms with Gasteiger partial charge in [-0.3, -0.25) is 0 Å². The fraction of sp³-hybridized carbons (Fsp3) is 0.455. The molecule has 0 unspecified atom stereocenters. The summed E-state index contributed by atoms with van der Waals surface area (Å²) in [4.78, 5) is 4.90. The lowest BCUT2D eigenvalue weighted by atomic mass is 9.76. The molecule has 1 N–H and O–H groups in total. The second-order valence-electron chi connectivity index (χ2n) is 3.71. The highest BCUT2D eigenvalue weighted by Crippen LogP contribution is 2.39. The van der Waals surface area contributed by atoms with Crippen molar-refractivity contribution in [1.29, 1.82) is 0 Å². The van der Waals surface area contributed by atoms with E-state index in [1.165, 1.54) is 10.0 Å². The first-order chi connectivity index (χ1) is 6.81. The van der Waals surface area contributed by atoms with Gasteiger partial charge < -0.3 is 4.84 Å². The van der Waals surface area contributed by atoms with Crippen LogP contribution in [0.3, 0.4) is 0 Å². The Bertz CT molecular complexity index is 310. The normalized spacial score (nSPS) is 25.9. The number of hydrogen-bond acceptors (Lipinski definition) is 2. The van der Waals surface area contributed by atoms with Gasteiger partial charge in [-0.15, -0.1) is 0 Å². The van der Waals surface area contributed by atoms with Gasteiger partial charge in [-0.1, -0.05) is 34.1 Å². The molecule has 1 aromatic rings. The summed E-state index contributed by atoms with van der Waals surface area (Å²) in [6.07, 6.45) is 2.33. The van der Waals surface area contributed by atoms with E-state index in [0.29, 0.717) is 12.0 Å². The zero-order valence-electron chi connectivity index (χ0n) is 8.16. The standard InChI is InChI=1S/C11H14BrNO/c1-14-13-9-6-8(7-9)10-4-2-3-5-11(10)12/h2-5,8-9,13H,6-7H2,1H3. The van der Waals surface area contributed by atoms with Crippen LogP contribution in [0.5, 0.6) is 0 Å². The van der Waals surface area contributed by atoms with Gasteiger partial charge in [0.1, 0.15) is 0 Å². The molecule has 1 fully saturated rings. The van der Waals surface area contributed by atoms with Gasteiger partial charge in [0, 0.05) is 10.5 Å². The lowest BCUT2D eigenvalue weighted by Gasteiger charge is -2.35. The third-order valence-electron chi connectivity index (χ3n) is 2.77. The minimum Gasteiger partial charge on any atom is -0.305 e. The van der Waals surface area contributed by atoms with Crippen LogP contribution in [0.15, 0.2) is 28.7 Å². The fourth-order valence-corrected chi connectivity index (χ4v) is 2.55. The molecule has 0 aliphatic heterocycles. The summed E-state index contributed by atoms with van der Waals surface area (Å²) >= 11 is 3.58. The zero-order chi connectivity index (χ0) is 9.97. The highest BCUT2D eigenvalue weighted by Gasteiger charge is 2.31. The van der Waals surface area contributed by atoms with Crippen molar-refractivity contribution in [2.75, 3.05) is 7.11 Å². The van der Waals surface area contributed by atoms with Crippen molar-refractivity contribution in [3.63, 3.8) is 0 Å². The molecule has 0 bridgehead atoms. The molecular weight excluding hydrogens is 242 g/mol. The monoisotopic (exact) mass is 255 g/mol. The van der Waals surface area contributed by atoms with E-state index in [4.69, 9.17) is 4.84 Å².